The highest BCUT2D eigenvalue weighted by Gasteiger charge is 2.22. The molecular formula is C16H25BrN2. The number of anilines is 1. The number of nitrogens with zero attached hydrogens (tertiary/aromatic N) is 1. The van der Waals surface area contributed by atoms with Gasteiger partial charge in [-0.3, -0.25) is 0 Å². The van der Waals surface area contributed by atoms with Gasteiger partial charge in [0.05, 0.1) is 0 Å². The molecule has 0 spiro atoms. The average molecular weight is 325 g/mol. The minimum absolute atomic E-state index is 0.390. The summed E-state index contributed by atoms with van der Waals surface area (Å²) in [5, 5.41) is 3.53. The van der Waals surface area contributed by atoms with Crippen molar-refractivity contribution in [1.82, 2.24) is 5.32 Å². The van der Waals surface area contributed by atoms with Crippen LogP contribution in [0.4, 0.5) is 5.69 Å². The Morgan fingerprint density at radius 2 is 2.05 bits per heavy atom. The van der Waals surface area contributed by atoms with Gasteiger partial charge in [-0.2, -0.15) is 0 Å². The topological polar surface area (TPSA) is 15.3 Å². The van der Waals surface area contributed by atoms with Gasteiger partial charge in [-0.1, -0.05) is 35.7 Å². The monoisotopic (exact) mass is 324 g/mol. The number of rotatable bonds is 5. The molecule has 1 atom stereocenters. The fourth-order valence-corrected chi connectivity index (χ4v) is 3.48. The molecular weight excluding hydrogens is 300 g/mol. The van der Waals surface area contributed by atoms with E-state index in [4.69, 9.17) is 0 Å². The van der Waals surface area contributed by atoms with Crippen LogP contribution < -0.4 is 10.2 Å². The lowest BCUT2D eigenvalue weighted by atomic mass is 10.0. The van der Waals surface area contributed by atoms with Crippen LogP contribution in [0.5, 0.6) is 0 Å². The Kier molecular flexibility index (Phi) is 5.28. The minimum atomic E-state index is 0.390. The highest BCUT2D eigenvalue weighted by molar-refractivity contribution is 9.10. The fourth-order valence-electron chi connectivity index (χ4n) is 3.10. The average Bonchev–Trinajstić information content (AvgIpc) is 2.92. The van der Waals surface area contributed by atoms with Crippen LogP contribution in [-0.2, 0) is 0 Å². The third-order valence-electron chi connectivity index (χ3n) is 4.22. The zero-order chi connectivity index (χ0) is 13.8. The quantitative estimate of drug-likeness (QED) is 0.857. The predicted octanol–water partition coefficient (Wildman–Crippen LogP) is 4.50. The SMILES string of the molecule is CCNC(C)c1cc(Br)ccc1N(C)C1CCCC1. The molecule has 0 amide bonds. The third kappa shape index (κ3) is 3.51. The summed E-state index contributed by atoms with van der Waals surface area (Å²) in [6, 6.07) is 7.78. The van der Waals surface area contributed by atoms with Crippen LogP contribution in [0.2, 0.25) is 0 Å². The van der Waals surface area contributed by atoms with Crippen LogP contribution >= 0.6 is 15.9 Å². The first kappa shape index (κ1) is 14.9. The molecule has 2 rings (SSSR count). The Labute approximate surface area is 125 Å². The summed E-state index contributed by atoms with van der Waals surface area (Å²) in [6.07, 6.45) is 5.43. The van der Waals surface area contributed by atoms with Crippen LogP contribution in [0.25, 0.3) is 0 Å². The lowest BCUT2D eigenvalue weighted by molar-refractivity contribution is 0.588. The van der Waals surface area contributed by atoms with Crippen molar-refractivity contribution in [3.63, 3.8) is 0 Å². The number of benzene rings is 1. The lowest BCUT2D eigenvalue weighted by Crippen LogP contribution is -2.31. The summed E-state index contributed by atoms with van der Waals surface area (Å²) in [5.41, 5.74) is 2.77. The Balaban J connectivity index is 2.27. The highest BCUT2D eigenvalue weighted by Crippen LogP contribution is 2.33. The molecule has 0 radical (unpaired) electrons. The molecule has 1 N–H and O–H groups in total. The minimum Gasteiger partial charge on any atom is -0.371 e. The van der Waals surface area contributed by atoms with Crippen molar-refractivity contribution in [2.75, 3.05) is 18.5 Å². The van der Waals surface area contributed by atoms with Crippen molar-refractivity contribution in [2.45, 2.75) is 51.6 Å². The van der Waals surface area contributed by atoms with Crippen molar-refractivity contribution >= 4 is 21.6 Å². The van der Waals surface area contributed by atoms with Gasteiger partial charge in [0.2, 0.25) is 0 Å². The van der Waals surface area contributed by atoms with E-state index in [2.05, 4.69) is 65.2 Å². The van der Waals surface area contributed by atoms with Gasteiger partial charge < -0.3 is 10.2 Å². The molecule has 0 saturated heterocycles. The van der Waals surface area contributed by atoms with Crippen LogP contribution in [0.3, 0.4) is 0 Å². The summed E-state index contributed by atoms with van der Waals surface area (Å²) in [4.78, 5) is 2.49. The molecule has 1 saturated carbocycles. The van der Waals surface area contributed by atoms with E-state index in [0.717, 1.165) is 11.0 Å². The fraction of sp³-hybridized carbons (Fsp3) is 0.625. The van der Waals surface area contributed by atoms with E-state index in [9.17, 15) is 0 Å². The second-order valence-electron chi connectivity index (χ2n) is 5.53. The normalized spacial score (nSPS) is 17.7. The highest BCUT2D eigenvalue weighted by atomic mass is 79.9. The van der Waals surface area contributed by atoms with Gasteiger partial charge in [-0.25, -0.2) is 0 Å². The van der Waals surface area contributed by atoms with Crippen molar-refractivity contribution < 1.29 is 0 Å². The summed E-state index contributed by atoms with van der Waals surface area (Å²) < 4.78 is 1.16. The van der Waals surface area contributed by atoms with Gasteiger partial charge in [0.25, 0.3) is 0 Å². The molecule has 0 heterocycles. The summed E-state index contributed by atoms with van der Waals surface area (Å²) in [5.74, 6) is 0. The number of halogens is 1. The molecule has 1 fully saturated rings. The van der Waals surface area contributed by atoms with Gasteiger partial charge in [0.1, 0.15) is 0 Å². The van der Waals surface area contributed by atoms with Crippen LogP contribution in [0, 0.1) is 0 Å². The van der Waals surface area contributed by atoms with Crippen LogP contribution in [0.1, 0.15) is 51.1 Å². The Morgan fingerprint density at radius 3 is 2.68 bits per heavy atom. The van der Waals surface area contributed by atoms with Crippen molar-refractivity contribution in [2.24, 2.45) is 0 Å². The predicted molar refractivity (Wildman–Crippen MR) is 86.9 cm³/mol. The molecule has 0 aliphatic heterocycles. The zero-order valence-electron chi connectivity index (χ0n) is 12.2. The third-order valence-corrected chi connectivity index (χ3v) is 4.71. The van der Waals surface area contributed by atoms with E-state index in [1.807, 2.05) is 0 Å². The molecule has 1 aliphatic rings. The van der Waals surface area contributed by atoms with Crippen molar-refractivity contribution in [3.05, 3.63) is 28.2 Å². The summed E-state index contributed by atoms with van der Waals surface area (Å²) in [6.45, 7) is 5.41. The molecule has 0 aromatic heterocycles. The van der Waals surface area contributed by atoms with E-state index in [1.165, 1.54) is 36.9 Å². The Morgan fingerprint density at radius 1 is 1.37 bits per heavy atom. The first-order valence-corrected chi connectivity index (χ1v) is 8.18. The number of hydrogen-bond donors (Lipinski definition) is 1. The van der Waals surface area contributed by atoms with E-state index >= 15 is 0 Å². The van der Waals surface area contributed by atoms with Gasteiger partial charge in [-0.05, 0) is 50.1 Å². The van der Waals surface area contributed by atoms with Crippen LogP contribution in [-0.4, -0.2) is 19.6 Å². The first-order chi connectivity index (χ1) is 9.13. The molecule has 3 heteroatoms. The number of nitrogens with one attached hydrogen (secondary N) is 1. The molecule has 106 valence electrons. The molecule has 1 aromatic carbocycles. The molecule has 1 aliphatic carbocycles. The molecule has 2 nitrogen and oxygen atoms in total. The second-order valence-corrected chi connectivity index (χ2v) is 6.45. The second kappa shape index (κ2) is 6.76. The van der Waals surface area contributed by atoms with Crippen molar-refractivity contribution in [3.8, 4) is 0 Å². The van der Waals surface area contributed by atoms with E-state index in [-0.39, 0.29) is 0 Å². The van der Waals surface area contributed by atoms with Crippen LogP contribution in [0.15, 0.2) is 22.7 Å². The summed E-state index contributed by atoms with van der Waals surface area (Å²) in [7, 11) is 2.25. The Hall–Kier alpha value is -0.540. The van der Waals surface area contributed by atoms with E-state index < -0.39 is 0 Å². The standard InChI is InChI=1S/C16H25BrN2/c1-4-18-12(2)15-11-13(17)9-10-16(15)19(3)14-7-5-6-8-14/h9-12,14,18H,4-8H2,1-3H3. The largest absolute Gasteiger partial charge is 0.371 e. The summed E-state index contributed by atoms with van der Waals surface area (Å²) >= 11 is 3.60. The van der Waals surface area contributed by atoms with E-state index in [0.29, 0.717) is 12.1 Å². The lowest BCUT2D eigenvalue weighted by Gasteiger charge is -2.30. The molecule has 19 heavy (non-hydrogen) atoms. The molecule has 1 aromatic rings. The van der Waals surface area contributed by atoms with Gasteiger partial charge >= 0.3 is 0 Å². The van der Waals surface area contributed by atoms with Gasteiger partial charge in [-0.15, -0.1) is 0 Å². The van der Waals surface area contributed by atoms with Crippen molar-refractivity contribution in [1.29, 1.82) is 0 Å². The maximum absolute atomic E-state index is 3.60. The zero-order valence-corrected chi connectivity index (χ0v) is 13.8. The van der Waals surface area contributed by atoms with Gasteiger partial charge in [0, 0.05) is 29.3 Å². The smallest absolute Gasteiger partial charge is 0.0415 e. The molecule has 1 unspecified atom stereocenters. The maximum Gasteiger partial charge on any atom is 0.0415 e. The first-order valence-electron chi connectivity index (χ1n) is 7.39. The maximum atomic E-state index is 3.60. The Bertz CT molecular complexity index is 413. The van der Waals surface area contributed by atoms with E-state index in [1.54, 1.807) is 0 Å². The van der Waals surface area contributed by atoms with Gasteiger partial charge in [0.15, 0.2) is 0 Å². The molecule has 0 bridgehead atoms. The number of hydrogen-bond acceptors (Lipinski definition) is 2.